The lowest BCUT2D eigenvalue weighted by Gasteiger charge is -2.33. The molecule has 0 radical (unpaired) electrons. The Bertz CT molecular complexity index is 280. The van der Waals surface area contributed by atoms with E-state index in [1.807, 2.05) is 0 Å². The van der Waals surface area contributed by atoms with Crippen molar-refractivity contribution in [1.82, 2.24) is 10.2 Å². The molecule has 2 unspecified atom stereocenters. The molecule has 2 aliphatic rings. The average Bonchev–Trinajstić information content (AvgIpc) is 2.49. The van der Waals surface area contributed by atoms with Crippen molar-refractivity contribution < 1.29 is 9.84 Å². The number of likely N-dealkylation sites (tertiary alicyclic amines) is 1. The first-order valence-corrected chi connectivity index (χ1v) is 8.85. The van der Waals surface area contributed by atoms with Crippen LogP contribution in [0.15, 0.2) is 0 Å². The Balaban J connectivity index is 1.52. The van der Waals surface area contributed by atoms with Crippen LogP contribution < -0.4 is 5.32 Å². The fourth-order valence-corrected chi connectivity index (χ4v) is 3.52. The first-order valence-electron chi connectivity index (χ1n) is 8.85. The van der Waals surface area contributed by atoms with E-state index in [2.05, 4.69) is 24.2 Å². The predicted octanol–water partition coefficient (Wildman–Crippen LogP) is 2.02. The van der Waals surface area contributed by atoms with Gasteiger partial charge in [0.05, 0.1) is 18.8 Å². The van der Waals surface area contributed by atoms with Crippen LogP contribution in [0.5, 0.6) is 0 Å². The van der Waals surface area contributed by atoms with E-state index in [0.717, 1.165) is 25.3 Å². The Morgan fingerprint density at radius 1 is 1.19 bits per heavy atom. The van der Waals surface area contributed by atoms with E-state index in [0.29, 0.717) is 25.3 Å². The van der Waals surface area contributed by atoms with Gasteiger partial charge >= 0.3 is 0 Å². The maximum absolute atomic E-state index is 10.0. The van der Waals surface area contributed by atoms with Crippen LogP contribution >= 0.6 is 0 Å². The van der Waals surface area contributed by atoms with Gasteiger partial charge in [0.25, 0.3) is 0 Å². The normalized spacial score (nSPS) is 33.0. The summed E-state index contributed by atoms with van der Waals surface area (Å²) in [6.07, 6.45) is 8.80. The molecule has 0 bridgehead atoms. The summed E-state index contributed by atoms with van der Waals surface area (Å²) in [4.78, 5) is 2.43. The second-order valence-corrected chi connectivity index (χ2v) is 7.16. The Labute approximate surface area is 130 Å². The van der Waals surface area contributed by atoms with E-state index in [9.17, 15) is 5.11 Å². The fraction of sp³-hybridized carbons (Fsp3) is 1.00. The highest BCUT2D eigenvalue weighted by molar-refractivity contribution is 4.77. The van der Waals surface area contributed by atoms with Crippen molar-refractivity contribution in [2.45, 2.75) is 70.1 Å². The molecule has 4 heteroatoms. The lowest BCUT2D eigenvalue weighted by atomic mass is 9.89. The first kappa shape index (κ1) is 17.2. The van der Waals surface area contributed by atoms with Gasteiger partial charge in [-0.05, 0) is 58.0 Å². The van der Waals surface area contributed by atoms with Crippen LogP contribution in [-0.2, 0) is 4.74 Å². The Morgan fingerprint density at radius 2 is 1.95 bits per heavy atom. The number of hydrogen-bond donors (Lipinski definition) is 2. The highest BCUT2D eigenvalue weighted by atomic mass is 16.5. The monoisotopic (exact) mass is 298 g/mol. The van der Waals surface area contributed by atoms with Gasteiger partial charge in [0.2, 0.25) is 0 Å². The third-order valence-corrected chi connectivity index (χ3v) is 5.17. The zero-order valence-electron chi connectivity index (χ0n) is 13.9. The van der Waals surface area contributed by atoms with E-state index in [1.165, 1.54) is 38.6 Å². The third kappa shape index (κ3) is 6.23. The molecular weight excluding hydrogens is 264 g/mol. The molecule has 4 nitrogen and oxygen atoms in total. The second kappa shape index (κ2) is 9.09. The maximum Gasteiger partial charge on any atom is 0.0897 e. The highest BCUT2D eigenvalue weighted by Gasteiger charge is 2.20. The molecular formula is C17H34N2O2. The van der Waals surface area contributed by atoms with Crippen molar-refractivity contribution in [3.63, 3.8) is 0 Å². The molecule has 2 atom stereocenters. The number of ether oxygens (including phenoxy) is 1. The fourth-order valence-electron chi connectivity index (χ4n) is 3.52. The van der Waals surface area contributed by atoms with Gasteiger partial charge in [-0.2, -0.15) is 0 Å². The zero-order valence-corrected chi connectivity index (χ0v) is 13.9. The van der Waals surface area contributed by atoms with Crippen molar-refractivity contribution in [1.29, 1.82) is 0 Å². The van der Waals surface area contributed by atoms with Gasteiger partial charge in [-0.15, -0.1) is 0 Å². The minimum absolute atomic E-state index is 0.375. The Hall–Kier alpha value is -0.160. The second-order valence-electron chi connectivity index (χ2n) is 7.16. The third-order valence-electron chi connectivity index (χ3n) is 5.17. The SMILES string of the molecule is CC1CCC(OCC(O)CNCC2CCCCN2C)CC1. The summed E-state index contributed by atoms with van der Waals surface area (Å²) in [6, 6.07) is 0.631. The summed E-state index contributed by atoms with van der Waals surface area (Å²) in [6.45, 7) is 5.63. The highest BCUT2D eigenvalue weighted by Crippen LogP contribution is 2.25. The van der Waals surface area contributed by atoms with Crippen LogP contribution in [0, 0.1) is 5.92 Å². The molecule has 1 heterocycles. The zero-order chi connectivity index (χ0) is 15.1. The lowest BCUT2D eigenvalue weighted by molar-refractivity contribution is -0.0281. The quantitative estimate of drug-likeness (QED) is 0.755. The predicted molar refractivity (Wildman–Crippen MR) is 86.5 cm³/mol. The number of nitrogens with zero attached hydrogens (tertiary/aromatic N) is 1. The molecule has 2 rings (SSSR count). The van der Waals surface area contributed by atoms with Crippen LogP contribution in [0.25, 0.3) is 0 Å². The summed E-state index contributed by atoms with van der Waals surface area (Å²) in [5.41, 5.74) is 0. The summed E-state index contributed by atoms with van der Waals surface area (Å²) < 4.78 is 5.86. The van der Waals surface area contributed by atoms with E-state index in [1.54, 1.807) is 0 Å². The molecule has 124 valence electrons. The van der Waals surface area contributed by atoms with Crippen LogP contribution in [0.3, 0.4) is 0 Å². The minimum Gasteiger partial charge on any atom is -0.389 e. The van der Waals surface area contributed by atoms with E-state index < -0.39 is 0 Å². The molecule has 2 fully saturated rings. The average molecular weight is 298 g/mol. The molecule has 1 aliphatic heterocycles. The minimum atomic E-state index is -0.377. The molecule has 2 N–H and O–H groups in total. The maximum atomic E-state index is 10.0. The molecule has 0 aromatic rings. The number of piperidine rings is 1. The number of likely N-dealkylation sites (N-methyl/N-ethyl adjacent to an activating group) is 1. The molecule has 0 amide bonds. The van der Waals surface area contributed by atoms with E-state index in [-0.39, 0.29) is 6.10 Å². The van der Waals surface area contributed by atoms with Crippen LogP contribution in [0.2, 0.25) is 0 Å². The van der Waals surface area contributed by atoms with Gasteiger partial charge in [-0.3, -0.25) is 0 Å². The number of aliphatic hydroxyl groups excluding tert-OH is 1. The molecule has 1 saturated heterocycles. The van der Waals surface area contributed by atoms with E-state index in [4.69, 9.17) is 4.74 Å². The summed E-state index contributed by atoms with van der Waals surface area (Å²) in [5, 5.41) is 13.4. The summed E-state index contributed by atoms with van der Waals surface area (Å²) in [7, 11) is 2.20. The van der Waals surface area contributed by atoms with Gasteiger partial charge in [0, 0.05) is 19.1 Å². The molecule has 21 heavy (non-hydrogen) atoms. The van der Waals surface area contributed by atoms with Crippen LogP contribution in [-0.4, -0.2) is 61.5 Å². The van der Waals surface area contributed by atoms with Crippen molar-refractivity contribution in [2.75, 3.05) is 33.3 Å². The van der Waals surface area contributed by atoms with Crippen LogP contribution in [0.1, 0.15) is 51.9 Å². The van der Waals surface area contributed by atoms with Crippen molar-refractivity contribution >= 4 is 0 Å². The number of nitrogens with one attached hydrogen (secondary N) is 1. The topological polar surface area (TPSA) is 44.7 Å². The standard InChI is InChI=1S/C17H34N2O2/c1-14-6-8-17(9-7-14)21-13-16(20)12-18-11-15-5-3-4-10-19(15)2/h14-18,20H,3-13H2,1-2H3. The van der Waals surface area contributed by atoms with Gasteiger partial charge in [-0.25, -0.2) is 0 Å². The van der Waals surface area contributed by atoms with Crippen LogP contribution in [0.4, 0.5) is 0 Å². The number of hydrogen-bond acceptors (Lipinski definition) is 4. The van der Waals surface area contributed by atoms with Crippen molar-refractivity contribution in [3.8, 4) is 0 Å². The molecule has 1 saturated carbocycles. The van der Waals surface area contributed by atoms with Gasteiger partial charge in [0.1, 0.15) is 0 Å². The molecule has 0 spiro atoms. The van der Waals surface area contributed by atoms with Gasteiger partial charge in [-0.1, -0.05) is 13.3 Å². The number of aliphatic hydroxyl groups is 1. The largest absolute Gasteiger partial charge is 0.389 e. The Kier molecular flexibility index (Phi) is 7.44. The smallest absolute Gasteiger partial charge is 0.0897 e. The van der Waals surface area contributed by atoms with Crippen molar-refractivity contribution in [2.24, 2.45) is 5.92 Å². The van der Waals surface area contributed by atoms with Gasteiger partial charge in [0.15, 0.2) is 0 Å². The molecule has 1 aliphatic carbocycles. The Morgan fingerprint density at radius 3 is 2.67 bits per heavy atom. The number of rotatable bonds is 7. The first-order chi connectivity index (χ1) is 10.1. The molecule has 0 aromatic carbocycles. The lowest BCUT2D eigenvalue weighted by Crippen LogP contribution is -2.45. The van der Waals surface area contributed by atoms with Gasteiger partial charge < -0.3 is 20.1 Å². The van der Waals surface area contributed by atoms with Crippen molar-refractivity contribution in [3.05, 3.63) is 0 Å². The van der Waals surface area contributed by atoms with E-state index >= 15 is 0 Å². The molecule has 0 aromatic heterocycles. The summed E-state index contributed by atoms with van der Waals surface area (Å²) in [5.74, 6) is 0.851. The summed E-state index contributed by atoms with van der Waals surface area (Å²) >= 11 is 0.